The lowest BCUT2D eigenvalue weighted by Gasteiger charge is -2.37. The number of nitrogens with one attached hydrogen (secondary N) is 2. The van der Waals surface area contributed by atoms with E-state index in [1.165, 1.54) is 51.6 Å². The summed E-state index contributed by atoms with van der Waals surface area (Å²) in [7, 11) is 2.19. The largest absolute Gasteiger partial charge is 0.336 e. The van der Waals surface area contributed by atoms with Gasteiger partial charge in [0.25, 0.3) is 0 Å². The average molecular weight is 502 g/mol. The number of rotatable bonds is 6. The normalized spacial score (nSPS) is 22.0. The van der Waals surface area contributed by atoms with E-state index >= 15 is 0 Å². The molecule has 3 aliphatic rings. The lowest BCUT2D eigenvalue weighted by atomic mass is 9.91. The van der Waals surface area contributed by atoms with Crippen LogP contribution in [-0.4, -0.2) is 92.7 Å². The highest BCUT2D eigenvalue weighted by Crippen LogP contribution is 2.23. The smallest absolute Gasteiger partial charge is 0.238 e. The van der Waals surface area contributed by atoms with Gasteiger partial charge in [0.15, 0.2) is 0 Å². The number of piperidine rings is 2. The fourth-order valence-corrected chi connectivity index (χ4v) is 4.44. The van der Waals surface area contributed by atoms with Crippen LogP contribution in [0.25, 0.3) is 0 Å². The van der Waals surface area contributed by atoms with Gasteiger partial charge in [-0.25, -0.2) is 0 Å². The number of likely N-dealkylation sites (tertiary alicyclic amines) is 2. The van der Waals surface area contributed by atoms with Crippen LogP contribution in [0.2, 0.25) is 0 Å². The summed E-state index contributed by atoms with van der Waals surface area (Å²) < 4.78 is 14.7. The molecule has 3 aliphatic heterocycles. The van der Waals surface area contributed by atoms with E-state index in [9.17, 15) is 9.28 Å². The Kier molecular flexibility index (Phi) is 19.4. The van der Waals surface area contributed by atoms with Crippen LogP contribution in [-0.2, 0) is 9.59 Å². The maximum Gasteiger partial charge on any atom is 0.238 e. The van der Waals surface area contributed by atoms with Crippen molar-refractivity contribution < 1.29 is 14.1 Å². The molecule has 3 saturated heterocycles. The van der Waals surface area contributed by atoms with Gasteiger partial charge >= 0.3 is 0 Å². The van der Waals surface area contributed by atoms with E-state index in [2.05, 4.69) is 41.3 Å². The van der Waals surface area contributed by atoms with Crippen LogP contribution >= 0.6 is 0 Å². The fourth-order valence-electron chi connectivity index (χ4n) is 4.44. The Labute approximate surface area is 215 Å². The number of amides is 1. The van der Waals surface area contributed by atoms with Crippen molar-refractivity contribution in [2.45, 2.75) is 105 Å². The monoisotopic (exact) mass is 501 g/mol. The van der Waals surface area contributed by atoms with Crippen molar-refractivity contribution in [1.82, 2.24) is 25.6 Å². The second-order valence-electron chi connectivity index (χ2n) is 11.0. The molecule has 2 N–H and O–H groups in total. The van der Waals surface area contributed by atoms with E-state index < -0.39 is 6.17 Å². The number of hydrogen-bond donors (Lipinski definition) is 2. The SMILES string of the molecule is C=O.CC(C)(C)C(NC(=O)C1CCCCN1)N(F)CCN1CCCC1.CCC.CN1CCCCC1. The predicted molar refractivity (Wildman–Crippen MR) is 145 cm³/mol. The molecule has 3 fully saturated rings. The third-order valence-electron chi connectivity index (χ3n) is 6.41. The van der Waals surface area contributed by atoms with Crippen molar-refractivity contribution >= 4 is 12.7 Å². The minimum atomic E-state index is -0.596. The van der Waals surface area contributed by atoms with Crippen molar-refractivity contribution in [2.75, 3.05) is 52.9 Å². The molecule has 2 atom stereocenters. The summed E-state index contributed by atoms with van der Waals surface area (Å²) in [6.45, 7) is 18.8. The molecule has 7 nitrogen and oxygen atoms in total. The van der Waals surface area contributed by atoms with E-state index in [-0.39, 0.29) is 17.4 Å². The maximum atomic E-state index is 14.7. The van der Waals surface area contributed by atoms with Crippen molar-refractivity contribution in [3.8, 4) is 0 Å². The first kappa shape index (κ1) is 33.9. The Balaban J connectivity index is 0.000000797. The van der Waals surface area contributed by atoms with Crippen LogP contribution in [0.15, 0.2) is 0 Å². The van der Waals surface area contributed by atoms with Gasteiger partial charge in [-0.1, -0.05) is 53.9 Å². The highest BCUT2D eigenvalue weighted by molar-refractivity contribution is 5.82. The molecule has 2 unspecified atom stereocenters. The van der Waals surface area contributed by atoms with Crippen LogP contribution in [0.5, 0.6) is 0 Å². The fraction of sp³-hybridized carbons (Fsp3) is 0.926. The summed E-state index contributed by atoms with van der Waals surface area (Å²) in [5.41, 5.74) is -0.357. The molecule has 208 valence electrons. The molecule has 3 rings (SSSR count). The zero-order valence-electron chi connectivity index (χ0n) is 23.7. The Morgan fingerprint density at radius 2 is 1.57 bits per heavy atom. The zero-order chi connectivity index (χ0) is 26.7. The van der Waals surface area contributed by atoms with E-state index in [0.717, 1.165) is 50.6 Å². The third-order valence-corrected chi connectivity index (χ3v) is 6.41. The first-order valence-corrected chi connectivity index (χ1v) is 13.8. The lowest BCUT2D eigenvalue weighted by molar-refractivity contribution is -0.135. The first-order chi connectivity index (χ1) is 16.7. The Bertz CT molecular complexity index is 514. The lowest BCUT2D eigenvalue weighted by Crippen LogP contribution is -2.58. The molecule has 0 aliphatic carbocycles. The summed E-state index contributed by atoms with van der Waals surface area (Å²) >= 11 is 0. The molecule has 0 bridgehead atoms. The highest BCUT2D eigenvalue weighted by atomic mass is 19.2. The predicted octanol–water partition coefficient (Wildman–Crippen LogP) is 4.23. The summed E-state index contributed by atoms with van der Waals surface area (Å²) in [5.74, 6) is -0.0755. The second-order valence-corrected chi connectivity index (χ2v) is 11.0. The summed E-state index contributed by atoms with van der Waals surface area (Å²) in [5, 5.41) is 6.98. The second kappa shape index (κ2) is 20.0. The van der Waals surface area contributed by atoms with Crippen LogP contribution in [0.1, 0.15) is 92.4 Å². The van der Waals surface area contributed by atoms with E-state index in [1.54, 1.807) is 0 Å². The van der Waals surface area contributed by atoms with Crippen molar-refractivity contribution in [1.29, 1.82) is 0 Å². The Hall–Kier alpha value is -1.09. The number of carbonyl (C=O) groups excluding carboxylic acids is 2. The first-order valence-electron chi connectivity index (χ1n) is 13.8. The minimum Gasteiger partial charge on any atom is -0.336 e. The molecule has 8 heteroatoms. The molecule has 35 heavy (non-hydrogen) atoms. The zero-order valence-corrected chi connectivity index (χ0v) is 23.7. The van der Waals surface area contributed by atoms with Gasteiger partial charge < -0.3 is 25.2 Å². The Morgan fingerprint density at radius 3 is 2.00 bits per heavy atom. The van der Waals surface area contributed by atoms with Gasteiger partial charge in [-0.2, -0.15) is 0 Å². The molecule has 0 aromatic heterocycles. The van der Waals surface area contributed by atoms with Gasteiger partial charge in [0.05, 0.1) is 6.04 Å². The number of nitrogens with zero attached hydrogens (tertiary/aromatic N) is 3. The number of carbonyl (C=O) groups is 2. The molecule has 0 aromatic carbocycles. The van der Waals surface area contributed by atoms with Crippen molar-refractivity contribution in [3.05, 3.63) is 0 Å². The molecular formula is C27H56FN5O2. The van der Waals surface area contributed by atoms with Crippen LogP contribution < -0.4 is 10.6 Å². The number of hydrogen-bond acceptors (Lipinski definition) is 6. The van der Waals surface area contributed by atoms with Crippen molar-refractivity contribution in [3.63, 3.8) is 0 Å². The average Bonchev–Trinajstić information content (AvgIpc) is 3.37. The standard InChI is InChI=1S/C17H33FN4O.C6H13N.C3H8.CH2O/c1-17(2,3)16(20-15(23)14-8-4-5-9-19-14)22(18)13-12-21-10-6-7-11-21;1-7-5-3-2-4-6-7;1-3-2;1-2/h14,16,19H,4-13H2,1-3H3,(H,20,23);2-6H2,1H3;3H2,1-2H3;1H2. The molecule has 0 radical (unpaired) electrons. The molecular weight excluding hydrogens is 445 g/mol. The molecule has 0 aromatic rings. The van der Waals surface area contributed by atoms with Crippen LogP contribution in [0.4, 0.5) is 4.48 Å². The van der Waals surface area contributed by atoms with Gasteiger partial charge in [-0.3, -0.25) is 4.79 Å². The van der Waals surface area contributed by atoms with Gasteiger partial charge in [0.1, 0.15) is 13.0 Å². The third kappa shape index (κ3) is 15.6. The minimum absolute atomic E-state index is 0.0755. The topological polar surface area (TPSA) is 67.9 Å². The summed E-state index contributed by atoms with van der Waals surface area (Å²) in [6, 6.07) is -0.180. The maximum absolute atomic E-state index is 14.7. The van der Waals surface area contributed by atoms with E-state index in [0.29, 0.717) is 6.54 Å². The van der Waals surface area contributed by atoms with Gasteiger partial charge in [0, 0.05) is 13.1 Å². The van der Waals surface area contributed by atoms with E-state index in [1.807, 2.05) is 27.6 Å². The highest BCUT2D eigenvalue weighted by Gasteiger charge is 2.34. The molecule has 3 heterocycles. The van der Waals surface area contributed by atoms with Crippen LogP contribution in [0, 0.1) is 5.41 Å². The quantitative estimate of drug-likeness (QED) is 0.419. The van der Waals surface area contributed by atoms with Crippen molar-refractivity contribution in [2.24, 2.45) is 5.41 Å². The number of halogens is 1. The Morgan fingerprint density at radius 1 is 1.03 bits per heavy atom. The van der Waals surface area contributed by atoms with Crippen LogP contribution in [0.3, 0.4) is 0 Å². The van der Waals surface area contributed by atoms with Gasteiger partial charge in [-0.15, -0.1) is 9.60 Å². The van der Waals surface area contributed by atoms with Gasteiger partial charge in [0.2, 0.25) is 5.91 Å². The van der Waals surface area contributed by atoms with E-state index in [4.69, 9.17) is 4.79 Å². The molecule has 1 amide bonds. The van der Waals surface area contributed by atoms with Gasteiger partial charge in [-0.05, 0) is 83.7 Å². The summed E-state index contributed by atoms with van der Waals surface area (Å²) in [6.07, 6.45) is 10.3. The molecule has 0 spiro atoms. The molecule has 0 saturated carbocycles. The summed E-state index contributed by atoms with van der Waals surface area (Å²) in [4.78, 5) is 25.1.